The summed E-state index contributed by atoms with van der Waals surface area (Å²) < 4.78 is 4.83. The smallest absolute Gasteiger partial charge is 0.312 e. The van der Waals surface area contributed by atoms with Gasteiger partial charge in [0, 0.05) is 17.2 Å². The van der Waals surface area contributed by atoms with Crippen molar-refractivity contribution >= 4 is 17.7 Å². The highest BCUT2D eigenvalue weighted by molar-refractivity contribution is 7.99. The van der Waals surface area contributed by atoms with Gasteiger partial charge in [0.15, 0.2) is 0 Å². The van der Waals surface area contributed by atoms with Crippen molar-refractivity contribution in [1.82, 2.24) is 5.32 Å². The summed E-state index contributed by atoms with van der Waals surface area (Å²) in [6.45, 7) is 10.2. The van der Waals surface area contributed by atoms with Crippen LogP contribution in [0.1, 0.15) is 33.3 Å². The minimum atomic E-state index is -0.461. The molecule has 0 saturated carbocycles. The zero-order valence-electron chi connectivity index (χ0n) is 13.7. The molecule has 0 heterocycles. The van der Waals surface area contributed by atoms with Crippen molar-refractivity contribution in [2.24, 2.45) is 11.3 Å². The average molecular weight is 309 g/mol. The van der Waals surface area contributed by atoms with Crippen LogP contribution in [-0.2, 0) is 16.1 Å². The lowest BCUT2D eigenvalue weighted by atomic mass is 9.97. The fraction of sp³-hybridized carbons (Fsp3) is 0.588. The van der Waals surface area contributed by atoms with E-state index in [9.17, 15) is 4.79 Å². The third kappa shape index (κ3) is 6.53. The molecule has 1 rings (SSSR count). The maximum atomic E-state index is 11.6. The predicted molar refractivity (Wildman–Crippen MR) is 89.5 cm³/mol. The number of thioether (sulfide) groups is 1. The summed E-state index contributed by atoms with van der Waals surface area (Å²) in [6, 6.07) is 8.51. The lowest BCUT2D eigenvalue weighted by molar-refractivity contribution is -0.149. The van der Waals surface area contributed by atoms with Crippen molar-refractivity contribution in [2.75, 3.05) is 19.4 Å². The molecule has 0 radical (unpaired) electrons. The normalized spacial score (nSPS) is 11.7. The summed E-state index contributed by atoms with van der Waals surface area (Å²) in [5, 5.41) is 3.43. The Bertz CT molecular complexity index is 441. The van der Waals surface area contributed by atoms with Gasteiger partial charge in [-0.1, -0.05) is 26.0 Å². The van der Waals surface area contributed by atoms with Crippen LogP contribution in [0.4, 0.5) is 0 Å². The van der Waals surface area contributed by atoms with Crippen molar-refractivity contribution < 1.29 is 9.53 Å². The van der Waals surface area contributed by atoms with Crippen molar-refractivity contribution in [3.05, 3.63) is 29.8 Å². The van der Waals surface area contributed by atoms with E-state index in [0.29, 0.717) is 11.7 Å². The largest absolute Gasteiger partial charge is 0.469 e. The molecule has 1 aromatic carbocycles. The lowest BCUT2D eigenvalue weighted by Crippen LogP contribution is -2.28. The van der Waals surface area contributed by atoms with Gasteiger partial charge in [0.25, 0.3) is 0 Å². The van der Waals surface area contributed by atoms with Gasteiger partial charge >= 0.3 is 5.97 Å². The van der Waals surface area contributed by atoms with E-state index in [0.717, 1.165) is 13.1 Å². The Morgan fingerprint density at radius 3 is 2.43 bits per heavy atom. The molecule has 0 aliphatic rings. The van der Waals surface area contributed by atoms with E-state index in [-0.39, 0.29) is 5.97 Å². The van der Waals surface area contributed by atoms with Gasteiger partial charge < -0.3 is 10.1 Å². The highest BCUT2D eigenvalue weighted by atomic mass is 32.2. The number of nitrogens with one attached hydrogen (secondary N) is 1. The third-order valence-corrected chi connectivity index (χ3v) is 4.61. The molecule has 0 amide bonds. The molecule has 0 bridgehead atoms. The van der Waals surface area contributed by atoms with Crippen molar-refractivity contribution in [1.29, 1.82) is 0 Å². The topological polar surface area (TPSA) is 38.3 Å². The molecule has 21 heavy (non-hydrogen) atoms. The number of esters is 1. The van der Waals surface area contributed by atoms with E-state index in [1.54, 1.807) is 11.8 Å². The van der Waals surface area contributed by atoms with Gasteiger partial charge in [-0.3, -0.25) is 4.79 Å². The fourth-order valence-electron chi connectivity index (χ4n) is 1.81. The first kappa shape index (κ1) is 18.1. The number of carbonyl (C=O) groups excluding carboxylic acids is 1. The molecule has 1 aromatic rings. The molecule has 0 aliphatic heterocycles. The minimum absolute atomic E-state index is 0.162. The summed E-state index contributed by atoms with van der Waals surface area (Å²) in [6.07, 6.45) is 0. The van der Waals surface area contributed by atoms with Crippen molar-refractivity contribution in [3.63, 3.8) is 0 Å². The van der Waals surface area contributed by atoms with Gasteiger partial charge in [-0.05, 0) is 44.0 Å². The van der Waals surface area contributed by atoms with Gasteiger partial charge in [0.05, 0.1) is 12.5 Å². The Balaban J connectivity index is 2.46. The number of ether oxygens (including phenoxy) is 1. The first-order valence-electron chi connectivity index (χ1n) is 7.36. The second-order valence-electron chi connectivity index (χ2n) is 6.33. The number of rotatable bonds is 8. The third-order valence-electron chi connectivity index (χ3n) is 3.14. The Kier molecular flexibility index (Phi) is 7.26. The molecule has 0 unspecified atom stereocenters. The van der Waals surface area contributed by atoms with Crippen LogP contribution in [0, 0.1) is 11.3 Å². The number of hydrogen-bond acceptors (Lipinski definition) is 4. The zero-order chi connectivity index (χ0) is 15.9. The summed E-state index contributed by atoms with van der Waals surface area (Å²) in [4.78, 5) is 12.8. The van der Waals surface area contributed by atoms with E-state index < -0.39 is 5.41 Å². The van der Waals surface area contributed by atoms with Crippen LogP contribution >= 0.6 is 11.8 Å². The SMILES string of the molecule is COC(=O)C(C)(C)CSc1ccc(CNCC(C)C)cc1. The summed E-state index contributed by atoms with van der Waals surface area (Å²) in [5.41, 5.74) is 0.823. The number of methoxy groups -OCH3 is 1. The maximum Gasteiger partial charge on any atom is 0.312 e. The van der Waals surface area contributed by atoms with E-state index in [1.165, 1.54) is 17.6 Å². The number of benzene rings is 1. The number of hydrogen-bond donors (Lipinski definition) is 1. The first-order valence-corrected chi connectivity index (χ1v) is 8.34. The molecule has 0 fully saturated rings. The molecule has 0 aliphatic carbocycles. The van der Waals surface area contributed by atoms with Gasteiger partial charge in [0.1, 0.15) is 0 Å². The van der Waals surface area contributed by atoms with Gasteiger partial charge in [-0.25, -0.2) is 0 Å². The molecule has 0 spiro atoms. The van der Waals surface area contributed by atoms with E-state index in [2.05, 4.69) is 43.4 Å². The summed E-state index contributed by atoms with van der Waals surface area (Å²) >= 11 is 1.69. The number of carbonyl (C=O) groups is 1. The highest BCUT2D eigenvalue weighted by Gasteiger charge is 2.28. The minimum Gasteiger partial charge on any atom is -0.469 e. The van der Waals surface area contributed by atoms with Gasteiger partial charge in [-0.2, -0.15) is 0 Å². The van der Waals surface area contributed by atoms with Gasteiger partial charge in [0.2, 0.25) is 0 Å². The van der Waals surface area contributed by atoms with Crippen molar-refractivity contribution in [2.45, 2.75) is 39.1 Å². The summed E-state index contributed by atoms with van der Waals surface area (Å²) in [7, 11) is 1.44. The molecule has 1 N–H and O–H groups in total. The predicted octanol–water partition coefficient (Wildman–Crippen LogP) is 3.72. The quantitative estimate of drug-likeness (QED) is 0.587. The molecular formula is C17H27NO2S. The second-order valence-corrected chi connectivity index (χ2v) is 7.38. The van der Waals surface area contributed by atoms with Crippen LogP contribution in [0.15, 0.2) is 29.2 Å². The Morgan fingerprint density at radius 2 is 1.90 bits per heavy atom. The Morgan fingerprint density at radius 1 is 1.29 bits per heavy atom. The monoisotopic (exact) mass is 309 g/mol. The molecule has 0 saturated heterocycles. The second kappa shape index (κ2) is 8.44. The fourth-order valence-corrected chi connectivity index (χ4v) is 2.78. The van der Waals surface area contributed by atoms with Crippen molar-refractivity contribution in [3.8, 4) is 0 Å². The highest BCUT2D eigenvalue weighted by Crippen LogP contribution is 2.28. The van der Waals surface area contributed by atoms with Gasteiger partial charge in [-0.15, -0.1) is 11.8 Å². The molecular weight excluding hydrogens is 282 g/mol. The van der Waals surface area contributed by atoms with E-state index >= 15 is 0 Å². The Labute approximate surface area is 132 Å². The van der Waals surface area contributed by atoms with Crippen LogP contribution in [0.25, 0.3) is 0 Å². The van der Waals surface area contributed by atoms with Crippen LogP contribution in [0.3, 0.4) is 0 Å². The van der Waals surface area contributed by atoms with Crippen LogP contribution in [0.5, 0.6) is 0 Å². The zero-order valence-corrected chi connectivity index (χ0v) is 14.5. The molecule has 3 nitrogen and oxygen atoms in total. The van der Waals surface area contributed by atoms with Crippen LogP contribution in [-0.4, -0.2) is 25.4 Å². The van der Waals surface area contributed by atoms with E-state index in [4.69, 9.17) is 4.74 Å². The summed E-state index contributed by atoms with van der Waals surface area (Å²) in [5.74, 6) is 1.22. The van der Waals surface area contributed by atoms with Crippen LogP contribution in [0.2, 0.25) is 0 Å². The molecule has 118 valence electrons. The molecule has 0 aromatic heterocycles. The maximum absolute atomic E-state index is 11.6. The lowest BCUT2D eigenvalue weighted by Gasteiger charge is -2.20. The average Bonchev–Trinajstić information content (AvgIpc) is 2.45. The standard InChI is InChI=1S/C17H27NO2S/c1-13(2)10-18-11-14-6-8-15(9-7-14)21-12-17(3,4)16(19)20-5/h6-9,13,18H,10-12H2,1-5H3. The first-order chi connectivity index (χ1) is 9.85. The van der Waals surface area contributed by atoms with Crippen LogP contribution < -0.4 is 5.32 Å². The molecule has 0 atom stereocenters. The molecule has 4 heteroatoms. The Hall–Kier alpha value is -1.00. The van der Waals surface area contributed by atoms with E-state index in [1.807, 2.05) is 13.8 Å².